The summed E-state index contributed by atoms with van der Waals surface area (Å²) >= 11 is 0. The number of para-hydroxylation sites is 1. The van der Waals surface area contributed by atoms with Crippen LogP contribution in [0.1, 0.15) is 11.3 Å². The number of aryl methyl sites for hydroxylation is 1. The van der Waals surface area contributed by atoms with Gasteiger partial charge in [0, 0.05) is 35.4 Å². The molecule has 0 radical (unpaired) electrons. The van der Waals surface area contributed by atoms with Gasteiger partial charge in [0.1, 0.15) is 5.75 Å². The van der Waals surface area contributed by atoms with Crippen LogP contribution >= 0.6 is 0 Å². The van der Waals surface area contributed by atoms with Crippen LogP contribution in [0.4, 0.5) is 5.69 Å². The summed E-state index contributed by atoms with van der Waals surface area (Å²) in [5, 5.41) is 3.99. The number of H-pyrrole nitrogens is 1. The molecule has 0 saturated carbocycles. The molecule has 0 atom stereocenters. The number of benzene rings is 2. The van der Waals surface area contributed by atoms with Gasteiger partial charge < -0.3 is 24.7 Å². The Balaban J connectivity index is 1.31. The van der Waals surface area contributed by atoms with Crippen LogP contribution in [0.5, 0.6) is 5.75 Å². The topological polar surface area (TPSA) is 83.7 Å². The number of carbonyl (C=O) groups excluding carboxylic acids is 2. The van der Waals surface area contributed by atoms with Crippen molar-refractivity contribution in [2.45, 2.75) is 13.3 Å². The minimum absolute atomic E-state index is 0.00839. The predicted octanol–water partition coefficient (Wildman–Crippen LogP) is 2.90. The lowest BCUT2D eigenvalue weighted by Crippen LogP contribution is -2.42. The summed E-state index contributed by atoms with van der Waals surface area (Å²) in [5.74, 6) is 0.450. The lowest BCUT2D eigenvalue weighted by molar-refractivity contribution is -0.137. The third-order valence-corrected chi connectivity index (χ3v) is 5.23. The van der Waals surface area contributed by atoms with E-state index in [9.17, 15) is 9.59 Å². The average molecular weight is 407 g/mol. The van der Waals surface area contributed by atoms with Crippen LogP contribution in [0.15, 0.2) is 48.5 Å². The fraction of sp³-hybridized carbons (Fsp3) is 0.304. The normalized spacial score (nSPS) is 14.0. The van der Waals surface area contributed by atoms with Crippen molar-refractivity contribution in [3.63, 3.8) is 0 Å². The lowest BCUT2D eigenvalue weighted by atomic mass is 10.1. The summed E-state index contributed by atoms with van der Waals surface area (Å²) < 4.78 is 10.8. The first-order valence-corrected chi connectivity index (χ1v) is 10.0. The van der Waals surface area contributed by atoms with Crippen LogP contribution in [-0.2, 0) is 20.7 Å². The molecule has 2 aromatic carbocycles. The van der Waals surface area contributed by atoms with E-state index >= 15 is 0 Å². The van der Waals surface area contributed by atoms with Gasteiger partial charge in [-0.15, -0.1) is 0 Å². The van der Waals surface area contributed by atoms with E-state index in [-0.39, 0.29) is 18.4 Å². The van der Waals surface area contributed by atoms with Gasteiger partial charge in [-0.05, 0) is 42.8 Å². The molecule has 30 heavy (non-hydrogen) atoms. The third kappa shape index (κ3) is 4.63. The van der Waals surface area contributed by atoms with E-state index in [0.717, 1.165) is 22.2 Å². The second kappa shape index (κ2) is 9.00. The first-order chi connectivity index (χ1) is 14.6. The van der Waals surface area contributed by atoms with Crippen molar-refractivity contribution < 1.29 is 19.1 Å². The smallest absolute Gasteiger partial charge is 0.260 e. The maximum Gasteiger partial charge on any atom is 0.260 e. The fourth-order valence-electron chi connectivity index (χ4n) is 3.61. The highest BCUT2D eigenvalue weighted by Crippen LogP contribution is 2.23. The number of fused-ring (bicyclic) bond motifs is 1. The van der Waals surface area contributed by atoms with Crippen molar-refractivity contribution in [1.82, 2.24) is 9.88 Å². The summed E-state index contributed by atoms with van der Waals surface area (Å²) in [4.78, 5) is 29.7. The highest BCUT2D eigenvalue weighted by Gasteiger charge is 2.17. The Morgan fingerprint density at radius 1 is 1.10 bits per heavy atom. The van der Waals surface area contributed by atoms with E-state index in [1.54, 1.807) is 29.2 Å². The Morgan fingerprint density at radius 2 is 1.83 bits per heavy atom. The van der Waals surface area contributed by atoms with Gasteiger partial charge >= 0.3 is 0 Å². The number of aromatic nitrogens is 1. The highest BCUT2D eigenvalue weighted by molar-refractivity contribution is 5.96. The molecule has 2 heterocycles. The Hall–Kier alpha value is -3.32. The molecule has 7 nitrogen and oxygen atoms in total. The molecular weight excluding hydrogens is 382 g/mol. The maximum atomic E-state index is 12.5. The summed E-state index contributed by atoms with van der Waals surface area (Å²) in [6.07, 6.45) is 0.294. The number of nitrogens with zero attached hydrogens (tertiary/aromatic N) is 1. The molecule has 3 aromatic rings. The minimum atomic E-state index is -0.0842. The molecule has 2 amide bonds. The summed E-state index contributed by atoms with van der Waals surface area (Å²) in [6, 6.07) is 15.0. The first kappa shape index (κ1) is 20.0. The number of hydrogen-bond donors (Lipinski definition) is 2. The van der Waals surface area contributed by atoms with E-state index in [1.165, 1.54) is 0 Å². The van der Waals surface area contributed by atoms with Crippen molar-refractivity contribution in [3.05, 3.63) is 59.8 Å². The number of aromatic amines is 1. The van der Waals surface area contributed by atoms with Gasteiger partial charge in [0.15, 0.2) is 6.61 Å². The van der Waals surface area contributed by atoms with Gasteiger partial charge in [0.2, 0.25) is 5.91 Å². The van der Waals surface area contributed by atoms with Gasteiger partial charge in [-0.2, -0.15) is 0 Å². The first-order valence-electron chi connectivity index (χ1n) is 10.0. The van der Waals surface area contributed by atoms with Crippen molar-refractivity contribution in [3.8, 4) is 5.75 Å². The van der Waals surface area contributed by atoms with E-state index in [1.807, 2.05) is 31.2 Å². The van der Waals surface area contributed by atoms with E-state index in [4.69, 9.17) is 9.47 Å². The van der Waals surface area contributed by atoms with E-state index < -0.39 is 0 Å². The molecular formula is C23H25N3O4. The second-order valence-corrected chi connectivity index (χ2v) is 7.31. The molecule has 1 fully saturated rings. The number of hydrogen-bond acceptors (Lipinski definition) is 4. The van der Waals surface area contributed by atoms with Gasteiger partial charge in [-0.3, -0.25) is 9.59 Å². The van der Waals surface area contributed by atoms with Gasteiger partial charge in [0.05, 0.1) is 19.6 Å². The zero-order valence-corrected chi connectivity index (χ0v) is 16.9. The Kier molecular flexibility index (Phi) is 5.99. The quantitative estimate of drug-likeness (QED) is 0.658. The molecule has 0 bridgehead atoms. The number of carbonyl (C=O) groups is 2. The Morgan fingerprint density at radius 3 is 2.60 bits per heavy atom. The largest absolute Gasteiger partial charge is 0.484 e. The van der Waals surface area contributed by atoms with Crippen molar-refractivity contribution in [2.24, 2.45) is 0 Å². The molecule has 0 unspecified atom stereocenters. The van der Waals surface area contributed by atoms with E-state index in [0.29, 0.717) is 44.2 Å². The summed E-state index contributed by atoms with van der Waals surface area (Å²) in [5.41, 5.74) is 3.72. The molecule has 7 heteroatoms. The molecule has 1 aliphatic heterocycles. The van der Waals surface area contributed by atoms with E-state index in [2.05, 4.69) is 10.3 Å². The zero-order valence-electron chi connectivity index (χ0n) is 16.9. The Labute approximate surface area is 175 Å². The zero-order chi connectivity index (χ0) is 20.9. The summed E-state index contributed by atoms with van der Waals surface area (Å²) in [6.45, 7) is 4.31. The van der Waals surface area contributed by atoms with Crippen molar-refractivity contribution in [2.75, 3.05) is 38.2 Å². The molecule has 1 aromatic heterocycles. The maximum absolute atomic E-state index is 12.5. The molecule has 0 spiro atoms. The van der Waals surface area contributed by atoms with Crippen LogP contribution in [0.2, 0.25) is 0 Å². The molecule has 2 N–H and O–H groups in total. The van der Waals surface area contributed by atoms with Crippen LogP contribution in [0.25, 0.3) is 10.9 Å². The average Bonchev–Trinajstić information content (AvgIpc) is 3.08. The molecule has 0 aliphatic carbocycles. The number of rotatable bonds is 6. The highest BCUT2D eigenvalue weighted by atomic mass is 16.5. The number of amides is 2. The number of nitrogens with one attached hydrogen (secondary N) is 2. The monoisotopic (exact) mass is 407 g/mol. The van der Waals surface area contributed by atoms with Gasteiger partial charge in [-0.25, -0.2) is 0 Å². The second-order valence-electron chi connectivity index (χ2n) is 7.31. The minimum Gasteiger partial charge on any atom is -0.484 e. The standard InChI is InChI=1S/C23H25N3O4/c1-16-20(19-4-2-3-5-21(19)24-16)14-22(27)25-17-6-8-18(9-7-17)30-15-23(28)26-10-12-29-13-11-26/h2-9,24H,10-15H2,1H3,(H,25,27). The molecule has 1 saturated heterocycles. The Bertz CT molecular complexity index is 1040. The van der Waals surface area contributed by atoms with Crippen molar-refractivity contribution >= 4 is 28.4 Å². The predicted molar refractivity (Wildman–Crippen MR) is 115 cm³/mol. The lowest BCUT2D eigenvalue weighted by Gasteiger charge is -2.26. The van der Waals surface area contributed by atoms with Gasteiger partial charge in [0.25, 0.3) is 5.91 Å². The summed E-state index contributed by atoms with van der Waals surface area (Å²) in [7, 11) is 0. The van der Waals surface area contributed by atoms with Crippen LogP contribution in [0.3, 0.4) is 0 Å². The fourth-order valence-corrected chi connectivity index (χ4v) is 3.61. The number of anilines is 1. The van der Waals surface area contributed by atoms with Crippen LogP contribution < -0.4 is 10.1 Å². The number of morpholine rings is 1. The van der Waals surface area contributed by atoms with Crippen LogP contribution in [0, 0.1) is 6.92 Å². The van der Waals surface area contributed by atoms with Crippen LogP contribution in [-0.4, -0.2) is 54.6 Å². The SMILES string of the molecule is Cc1[nH]c2ccccc2c1CC(=O)Nc1ccc(OCC(=O)N2CCOCC2)cc1. The third-order valence-electron chi connectivity index (χ3n) is 5.23. The van der Waals surface area contributed by atoms with Crippen molar-refractivity contribution in [1.29, 1.82) is 0 Å². The molecule has 1 aliphatic rings. The molecule has 4 rings (SSSR count). The number of ether oxygens (including phenoxy) is 2. The van der Waals surface area contributed by atoms with Gasteiger partial charge in [-0.1, -0.05) is 18.2 Å². The molecule has 156 valence electrons.